The fourth-order valence-electron chi connectivity index (χ4n) is 4.48. The van der Waals surface area contributed by atoms with Crippen molar-refractivity contribution in [2.24, 2.45) is 5.92 Å². The molecule has 0 bridgehead atoms. The van der Waals surface area contributed by atoms with E-state index in [1.54, 1.807) is 30.3 Å². The second-order valence-electron chi connectivity index (χ2n) is 10.9. The molecule has 0 aliphatic carbocycles. The first kappa shape index (κ1) is 27.6. The van der Waals surface area contributed by atoms with Crippen molar-refractivity contribution in [2.75, 3.05) is 13.1 Å². The highest BCUT2D eigenvalue weighted by molar-refractivity contribution is 5.74. The van der Waals surface area contributed by atoms with E-state index in [0.717, 1.165) is 5.56 Å². The van der Waals surface area contributed by atoms with Gasteiger partial charge in [-0.1, -0.05) is 64.9 Å². The average molecular weight is 555 g/mol. The van der Waals surface area contributed by atoms with Crippen LogP contribution in [-0.4, -0.2) is 51.0 Å². The van der Waals surface area contributed by atoms with Gasteiger partial charge in [-0.2, -0.15) is 18.2 Å². The van der Waals surface area contributed by atoms with Gasteiger partial charge in [-0.05, 0) is 32.8 Å². The van der Waals surface area contributed by atoms with E-state index in [4.69, 9.17) is 13.8 Å². The molecule has 0 unspecified atom stereocenters. The van der Waals surface area contributed by atoms with Crippen molar-refractivity contribution < 1.29 is 31.7 Å². The molecule has 40 heavy (non-hydrogen) atoms. The van der Waals surface area contributed by atoms with Crippen molar-refractivity contribution in [3.8, 4) is 34.3 Å². The van der Waals surface area contributed by atoms with Crippen LogP contribution < -0.4 is 0 Å². The van der Waals surface area contributed by atoms with Crippen LogP contribution in [0.1, 0.15) is 38.3 Å². The Morgan fingerprint density at radius 2 is 1.68 bits per heavy atom. The number of carbonyl (C=O) groups is 1. The van der Waals surface area contributed by atoms with Gasteiger partial charge in [-0.3, -0.25) is 9.69 Å². The van der Waals surface area contributed by atoms with Gasteiger partial charge >= 0.3 is 12.1 Å². The molecule has 2 aromatic carbocycles. The number of esters is 1. The van der Waals surface area contributed by atoms with E-state index in [2.05, 4.69) is 20.2 Å². The van der Waals surface area contributed by atoms with Crippen LogP contribution in [0, 0.1) is 5.92 Å². The molecule has 0 spiro atoms. The van der Waals surface area contributed by atoms with Gasteiger partial charge in [-0.25, -0.2) is 0 Å². The van der Waals surface area contributed by atoms with Crippen LogP contribution in [0.5, 0.6) is 0 Å². The lowest BCUT2D eigenvalue weighted by atomic mass is 9.98. The minimum Gasteiger partial charge on any atom is -0.460 e. The Bertz CT molecular complexity index is 1450. The zero-order valence-electron chi connectivity index (χ0n) is 22.4. The normalized spacial score (nSPS) is 14.8. The second-order valence-corrected chi connectivity index (χ2v) is 10.9. The number of nitrogens with zero attached hydrogens (tertiary/aromatic N) is 4. The summed E-state index contributed by atoms with van der Waals surface area (Å²) in [5, 5.41) is 8.01. The molecule has 5 rings (SSSR count). The molecule has 0 radical (unpaired) electrons. The van der Waals surface area contributed by atoms with Crippen LogP contribution in [0.4, 0.5) is 13.2 Å². The lowest BCUT2D eigenvalue weighted by Gasteiger charge is -2.38. The molecule has 0 saturated carbocycles. The first-order valence-corrected chi connectivity index (χ1v) is 12.9. The van der Waals surface area contributed by atoms with Crippen LogP contribution >= 0.6 is 0 Å². The molecular formula is C29H29F3N4O4. The van der Waals surface area contributed by atoms with Crippen LogP contribution in [0.3, 0.4) is 0 Å². The smallest absolute Gasteiger partial charge is 0.389 e. The number of hydrogen-bond donors (Lipinski definition) is 0. The van der Waals surface area contributed by atoms with Gasteiger partial charge in [0.15, 0.2) is 11.5 Å². The van der Waals surface area contributed by atoms with Gasteiger partial charge in [0, 0.05) is 42.7 Å². The summed E-state index contributed by atoms with van der Waals surface area (Å²) in [6.45, 7) is 7.54. The van der Waals surface area contributed by atoms with Gasteiger partial charge in [0.1, 0.15) is 5.60 Å². The molecule has 0 amide bonds. The van der Waals surface area contributed by atoms with Crippen LogP contribution in [0.25, 0.3) is 34.3 Å². The summed E-state index contributed by atoms with van der Waals surface area (Å²) in [6, 6.07) is 16.4. The van der Waals surface area contributed by atoms with Gasteiger partial charge < -0.3 is 13.8 Å². The van der Waals surface area contributed by atoms with E-state index < -0.39 is 18.2 Å². The van der Waals surface area contributed by atoms with Crippen LogP contribution in [0.15, 0.2) is 63.6 Å². The number of alkyl halides is 3. The van der Waals surface area contributed by atoms with E-state index in [0.29, 0.717) is 30.8 Å². The van der Waals surface area contributed by atoms with E-state index in [1.807, 2.05) is 45.0 Å². The zero-order valence-corrected chi connectivity index (χ0v) is 22.4. The average Bonchev–Trinajstić information content (AvgIpc) is 3.51. The van der Waals surface area contributed by atoms with Crippen molar-refractivity contribution in [1.82, 2.24) is 20.2 Å². The lowest BCUT2D eigenvalue weighted by Crippen LogP contribution is -2.51. The molecule has 3 heterocycles. The van der Waals surface area contributed by atoms with Crippen LogP contribution in [0.2, 0.25) is 0 Å². The largest absolute Gasteiger partial charge is 0.460 e. The third kappa shape index (κ3) is 6.59. The third-order valence-electron chi connectivity index (χ3n) is 6.43. The predicted octanol–water partition coefficient (Wildman–Crippen LogP) is 6.33. The highest BCUT2D eigenvalue weighted by atomic mass is 19.4. The van der Waals surface area contributed by atoms with E-state index >= 15 is 0 Å². The molecule has 1 fully saturated rings. The summed E-state index contributed by atoms with van der Waals surface area (Å²) in [7, 11) is 0. The Morgan fingerprint density at radius 3 is 2.33 bits per heavy atom. The molecule has 1 aliphatic rings. The summed E-state index contributed by atoms with van der Waals surface area (Å²) < 4.78 is 55.5. The standard InChI is InChI=1S/C29H29F3N4O4/c1-28(2,3)38-27(37)21-16-36(17-21)15-18-9-11-20(12-10-18)25-33-26(40-35-25)23-22(13-14-29(30,31)32)24(39-34-23)19-7-5-4-6-8-19/h4-12,21H,13-17H2,1-3H3. The molecule has 1 aliphatic heterocycles. The Labute approximate surface area is 229 Å². The van der Waals surface area contributed by atoms with E-state index in [1.165, 1.54) is 0 Å². The zero-order chi connectivity index (χ0) is 28.5. The minimum absolute atomic E-state index is 0.0176. The monoisotopic (exact) mass is 554 g/mol. The molecule has 210 valence electrons. The van der Waals surface area contributed by atoms with Gasteiger partial charge in [-0.15, -0.1) is 0 Å². The van der Waals surface area contributed by atoms with E-state index in [9.17, 15) is 18.0 Å². The number of ether oxygens (including phenoxy) is 1. The number of rotatable bonds is 8. The quantitative estimate of drug-likeness (QED) is 0.233. The maximum atomic E-state index is 13.1. The molecule has 11 heteroatoms. The topological polar surface area (TPSA) is 94.5 Å². The highest BCUT2D eigenvalue weighted by Gasteiger charge is 2.35. The molecule has 8 nitrogen and oxygen atoms in total. The fourth-order valence-corrected chi connectivity index (χ4v) is 4.48. The van der Waals surface area contributed by atoms with Crippen molar-refractivity contribution in [3.63, 3.8) is 0 Å². The minimum atomic E-state index is -4.35. The molecular weight excluding hydrogens is 525 g/mol. The third-order valence-corrected chi connectivity index (χ3v) is 6.43. The number of carbonyl (C=O) groups excluding carboxylic acids is 1. The molecule has 0 atom stereocenters. The van der Waals surface area contributed by atoms with Crippen molar-refractivity contribution >= 4 is 5.97 Å². The number of aromatic nitrogens is 3. The van der Waals surface area contributed by atoms with Crippen molar-refractivity contribution in [1.29, 1.82) is 0 Å². The fraction of sp³-hybridized carbons (Fsp3) is 0.379. The Kier molecular flexibility index (Phi) is 7.50. The number of halogens is 3. The Hall–Kier alpha value is -3.99. The number of likely N-dealkylation sites (tertiary alicyclic amines) is 1. The van der Waals surface area contributed by atoms with E-state index in [-0.39, 0.29) is 47.0 Å². The number of hydrogen-bond acceptors (Lipinski definition) is 8. The predicted molar refractivity (Wildman–Crippen MR) is 140 cm³/mol. The summed E-state index contributed by atoms with van der Waals surface area (Å²) in [4.78, 5) is 18.7. The maximum Gasteiger partial charge on any atom is 0.389 e. The molecule has 0 N–H and O–H groups in total. The first-order valence-electron chi connectivity index (χ1n) is 12.9. The summed E-state index contributed by atoms with van der Waals surface area (Å²) in [5.41, 5.74) is 2.19. The molecule has 1 saturated heterocycles. The highest BCUT2D eigenvalue weighted by Crippen LogP contribution is 2.35. The van der Waals surface area contributed by atoms with Gasteiger partial charge in [0.05, 0.1) is 5.92 Å². The van der Waals surface area contributed by atoms with Gasteiger partial charge in [0.2, 0.25) is 5.82 Å². The summed E-state index contributed by atoms with van der Waals surface area (Å²) >= 11 is 0. The summed E-state index contributed by atoms with van der Waals surface area (Å²) in [6.07, 6.45) is -5.74. The first-order chi connectivity index (χ1) is 18.9. The SMILES string of the molecule is CC(C)(C)OC(=O)C1CN(Cc2ccc(-c3noc(-c4noc(-c5ccccc5)c4CCC(F)(F)F)n3)cc2)C1. The van der Waals surface area contributed by atoms with Crippen molar-refractivity contribution in [3.05, 3.63) is 65.7 Å². The van der Waals surface area contributed by atoms with Crippen molar-refractivity contribution in [2.45, 2.75) is 51.9 Å². The Morgan fingerprint density at radius 1 is 0.975 bits per heavy atom. The Balaban J connectivity index is 1.27. The van der Waals surface area contributed by atoms with Gasteiger partial charge in [0.25, 0.3) is 5.89 Å². The molecule has 4 aromatic rings. The lowest BCUT2D eigenvalue weighted by molar-refractivity contribution is -0.166. The maximum absolute atomic E-state index is 13.1. The second kappa shape index (κ2) is 10.9. The number of benzene rings is 2. The summed E-state index contributed by atoms with van der Waals surface area (Å²) in [5.74, 6) is 0.217. The van der Waals surface area contributed by atoms with Crippen LogP contribution in [-0.2, 0) is 22.5 Å². The molecule has 2 aromatic heterocycles.